The first-order valence-corrected chi connectivity index (χ1v) is 15.6. The second-order valence-corrected chi connectivity index (χ2v) is 12.8. The van der Waals surface area contributed by atoms with Crippen LogP contribution in [0.25, 0.3) is 10.5 Å². The van der Waals surface area contributed by atoms with Gasteiger partial charge in [-0.25, -0.2) is 4.79 Å². The topological polar surface area (TPSA) is 99.0 Å². The van der Waals surface area contributed by atoms with E-state index in [0.717, 1.165) is 20.3 Å². The van der Waals surface area contributed by atoms with Gasteiger partial charge in [-0.2, -0.15) is 0 Å². The van der Waals surface area contributed by atoms with Crippen molar-refractivity contribution in [2.45, 2.75) is 33.2 Å². The fourth-order valence-electron chi connectivity index (χ4n) is 4.96. The smallest absolute Gasteiger partial charge is 0.346 e. The lowest BCUT2D eigenvalue weighted by molar-refractivity contribution is -0.384. The van der Waals surface area contributed by atoms with Crippen LogP contribution in [0.1, 0.15) is 49.2 Å². The van der Waals surface area contributed by atoms with Crippen molar-refractivity contribution in [3.05, 3.63) is 109 Å². The summed E-state index contributed by atoms with van der Waals surface area (Å²) < 4.78 is 12.0. The lowest BCUT2D eigenvalue weighted by Gasteiger charge is -2.45. The van der Waals surface area contributed by atoms with E-state index >= 15 is 0 Å². The fourth-order valence-corrected chi connectivity index (χ4v) is 8.09. The van der Waals surface area contributed by atoms with Gasteiger partial charge in [-0.1, -0.05) is 72.1 Å². The molecule has 1 amide bonds. The number of thiocarbonyl (C=S) groups is 1. The van der Waals surface area contributed by atoms with Crippen molar-refractivity contribution in [3.8, 4) is 5.75 Å². The SMILES string of the molecule is CCOC(=O)C1=C(c2ccccc2)S/C(=C2\C(=S)C(C)(C)N(C(=O)c3cccc([N+](=O)[O-])c3)c3ccc(OCC)cc32)S1. The quantitative estimate of drug-likeness (QED) is 0.0847. The van der Waals surface area contributed by atoms with Gasteiger partial charge >= 0.3 is 5.97 Å². The normalized spacial score (nSPS) is 17.5. The Labute approximate surface area is 263 Å². The number of ether oxygens (including phenoxy) is 2. The van der Waals surface area contributed by atoms with E-state index in [9.17, 15) is 19.7 Å². The number of fused-ring (bicyclic) bond motifs is 1. The van der Waals surface area contributed by atoms with Crippen LogP contribution in [-0.2, 0) is 9.53 Å². The predicted molar refractivity (Wildman–Crippen MR) is 176 cm³/mol. The van der Waals surface area contributed by atoms with E-state index in [-0.39, 0.29) is 17.9 Å². The summed E-state index contributed by atoms with van der Waals surface area (Å²) in [5.41, 5.74) is 1.83. The lowest BCUT2D eigenvalue weighted by atomic mass is 9.82. The summed E-state index contributed by atoms with van der Waals surface area (Å²) in [6, 6.07) is 20.7. The Morgan fingerprint density at radius 1 is 0.977 bits per heavy atom. The first kappa shape index (κ1) is 30.5. The molecule has 0 atom stereocenters. The van der Waals surface area contributed by atoms with Gasteiger partial charge in [0.15, 0.2) is 0 Å². The molecule has 0 radical (unpaired) electrons. The van der Waals surface area contributed by atoms with Gasteiger partial charge < -0.3 is 9.47 Å². The van der Waals surface area contributed by atoms with Crippen molar-refractivity contribution in [3.63, 3.8) is 0 Å². The largest absolute Gasteiger partial charge is 0.494 e. The molecule has 220 valence electrons. The molecule has 0 bridgehead atoms. The molecule has 0 N–H and O–H groups in total. The fraction of sp³-hybridized carbons (Fsp3) is 0.219. The summed E-state index contributed by atoms with van der Waals surface area (Å²) >= 11 is 8.90. The van der Waals surface area contributed by atoms with E-state index in [4.69, 9.17) is 21.7 Å². The van der Waals surface area contributed by atoms with Crippen LogP contribution in [0.15, 0.2) is 81.9 Å². The van der Waals surface area contributed by atoms with E-state index in [1.54, 1.807) is 24.0 Å². The Bertz CT molecular complexity index is 1710. The number of carbonyl (C=O) groups is 2. The number of anilines is 1. The van der Waals surface area contributed by atoms with Crippen molar-refractivity contribution in [1.82, 2.24) is 0 Å². The van der Waals surface area contributed by atoms with Crippen molar-refractivity contribution < 1.29 is 24.0 Å². The van der Waals surface area contributed by atoms with Crippen LogP contribution in [0, 0.1) is 10.1 Å². The standard InChI is InChI=1S/C32H28N2O6S3/c1-5-39-22-15-16-24-23(18-22)25(31-42-26(19-11-8-7-9-12-19)27(43-31)30(36)40-6-2)28(41)32(3,4)33(24)29(35)20-13-10-14-21(17-20)34(37)38/h7-18H,5-6H2,1-4H3/b31-25+. The summed E-state index contributed by atoms with van der Waals surface area (Å²) in [4.78, 5) is 41.5. The number of esters is 1. The van der Waals surface area contributed by atoms with Crippen LogP contribution >= 0.6 is 35.7 Å². The molecule has 0 saturated carbocycles. The zero-order chi connectivity index (χ0) is 30.9. The summed E-state index contributed by atoms with van der Waals surface area (Å²) in [7, 11) is 0. The predicted octanol–water partition coefficient (Wildman–Crippen LogP) is 7.88. The van der Waals surface area contributed by atoms with Gasteiger partial charge in [-0.05, 0) is 57.5 Å². The Balaban J connectivity index is 1.69. The van der Waals surface area contributed by atoms with Gasteiger partial charge in [-0.15, -0.1) is 0 Å². The van der Waals surface area contributed by atoms with Gasteiger partial charge in [0.25, 0.3) is 11.6 Å². The minimum absolute atomic E-state index is 0.170. The molecule has 0 aliphatic carbocycles. The zero-order valence-electron chi connectivity index (χ0n) is 23.9. The van der Waals surface area contributed by atoms with E-state index in [2.05, 4.69) is 0 Å². The molecule has 3 aromatic carbocycles. The van der Waals surface area contributed by atoms with Gasteiger partial charge in [-0.3, -0.25) is 19.8 Å². The van der Waals surface area contributed by atoms with Crippen molar-refractivity contribution in [1.29, 1.82) is 0 Å². The highest BCUT2D eigenvalue weighted by molar-refractivity contribution is 8.32. The number of amides is 1. The number of carbonyl (C=O) groups excluding carboxylic acids is 2. The molecular weight excluding hydrogens is 605 g/mol. The number of hydrogen-bond donors (Lipinski definition) is 0. The van der Waals surface area contributed by atoms with E-state index in [1.165, 1.54) is 41.7 Å². The maximum atomic E-state index is 14.1. The minimum atomic E-state index is -1.01. The third-order valence-corrected chi connectivity index (χ3v) is 10.3. The average Bonchev–Trinajstić information content (AvgIpc) is 3.44. The highest BCUT2D eigenvalue weighted by Gasteiger charge is 2.46. The second-order valence-electron chi connectivity index (χ2n) is 10.1. The number of nitro benzene ring substituents is 1. The van der Waals surface area contributed by atoms with Crippen LogP contribution in [-0.4, -0.2) is 40.4 Å². The zero-order valence-corrected chi connectivity index (χ0v) is 26.4. The molecular formula is C32H28N2O6S3. The minimum Gasteiger partial charge on any atom is -0.494 e. The number of benzene rings is 3. The molecule has 3 aromatic rings. The molecule has 5 rings (SSSR count). The molecule has 2 aliphatic rings. The molecule has 0 fully saturated rings. The van der Waals surface area contributed by atoms with Crippen LogP contribution in [0.2, 0.25) is 0 Å². The molecule has 11 heteroatoms. The van der Waals surface area contributed by atoms with Crippen molar-refractivity contribution in [2.75, 3.05) is 18.1 Å². The molecule has 0 unspecified atom stereocenters. The average molecular weight is 633 g/mol. The van der Waals surface area contributed by atoms with Gasteiger partial charge in [0.05, 0.1) is 38.5 Å². The summed E-state index contributed by atoms with van der Waals surface area (Å²) in [5, 5.41) is 11.5. The molecule has 8 nitrogen and oxygen atoms in total. The third-order valence-electron chi connectivity index (χ3n) is 6.93. The molecule has 0 saturated heterocycles. The monoisotopic (exact) mass is 632 g/mol. The molecule has 0 aromatic heterocycles. The number of thioether (sulfide) groups is 2. The van der Waals surface area contributed by atoms with E-state index in [1.807, 2.05) is 63.2 Å². The summed E-state index contributed by atoms with van der Waals surface area (Å²) in [5.74, 6) is -0.242. The van der Waals surface area contributed by atoms with Gasteiger partial charge in [0, 0.05) is 33.7 Å². The van der Waals surface area contributed by atoms with Crippen molar-refractivity contribution >= 4 is 74.3 Å². The van der Waals surface area contributed by atoms with Crippen LogP contribution in [0.5, 0.6) is 5.75 Å². The molecule has 0 spiro atoms. The second kappa shape index (κ2) is 12.4. The van der Waals surface area contributed by atoms with Crippen LogP contribution in [0.3, 0.4) is 0 Å². The number of non-ortho nitro benzene ring substituents is 1. The van der Waals surface area contributed by atoms with Gasteiger partial charge in [0.1, 0.15) is 10.7 Å². The first-order chi connectivity index (χ1) is 20.6. The number of rotatable bonds is 7. The van der Waals surface area contributed by atoms with E-state index in [0.29, 0.717) is 33.4 Å². The number of nitro groups is 1. The Morgan fingerprint density at radius 3 is 2.40 bits per heavy atom. The van der Waals surface area contributed by atoms with Crippen LogP contribution < -0.4 is 9.64 Å². The molecule has 43 heavy (non-hydrogen) atoms. The van der Waals surface area contributed by atoms with Crippen LogP contribution in [0.4, 0.5) is 11.4 Å². The van der Waals surface area contributed by atoms with Gasteiger partial charge in [0.2, 0.25) is 0 Å². The molecule has 2 aliphatic heterocycles. The Hall–Kier alpha value is -3.93. The summed E-state index contributed by atoms with van der Waals surface area (Å²) in [6.45, 7) is 8.04. The van der Waals surface area contributed by atoms with E-state index < -0.39 is 22.3 Å². The number of hydrogen-bond acceptors (Lipinski definition) is 9. The lowest BCUT2D eigenvalue weighted by Crippen LogP contribution is -2.56. The maximum absolute atomic E-state index is 14.1. The molecule has 2 heterocycles. The summed E-state index contributed by atoms with van der Waals surface area (Å²) in [6.07, 6.45) is 0. The first-order valence-electron chi connectivity index (χ1n) is 13.6. The highest BCUT2D eigenvalue weighted by Crippen LogP contribution is 2.59. The Kier molecular flexibility index (Phi) is 8.77. The highest BCUT2D eigenvalue weighted by atomic mass is 32.2. The third kappa shape index (κ3) is 5.72. The Morgan fingerprint density at radius 2 is 1.72 bits per heavy atom. The number of nitrogens with zero attached hydrogens (tertiary/aromatic N) is 2. The van der Waals surface area contributed by atoms with Crippen molar-refractivity contribution in [2.24, 2.45) is 0 Å². The maximum Gasteiger partial charge on any atom is 0.346 e.